The molecule has 134 valence electrons. The van der Waals surface area contributed by atoms with E-state index in [2.05, 4.69) is 15.2 Å². The van der Waals surface area contributed by atoms with Crippen LogP contribution < -0.4 is 5.32 Å². The van der Waals surface area contributed by atoms with Gasteiger partial charge in [-0.3, -0.25) is 4.79 Å². The third kappa shape index (κ3) is 4.07. The van der Waals surface area contributed by atoms with Crippen molar-refractivity contribution in [2.24, 2.45) is 0 Å². The van der Waals surface area contributed by atoms with Crippen molar-refractivity contribution in [3.8, 4) is 17.2 Å². The summed E-state index contributed by atoms with van der Waals surface area (Å²) in [6.07, 6.45) is 1.66. The first-order valence-corrected chi connectivity index (χ1v) is 8.68. The van der Waals surface area contributed by atoms with Gasteiger partial charge in [-0.05, 0) is 43.8 Å². The Morgan fingerprint density at radius 1 is 1.35 bits per heavy atom. The van der Waals surface area contributed by atoms with Crippen molar-refractivity contribution in [3.63, 3.8) is 0 Å². The summed E-state index contributed by atoms with van der Waals surface area (Å²) >= 11 is 0. The van der Waals surface area contributed by atoms with Crippen molar-refractivity contribution < 1.29 is 9.53 Å². The number of carbonyl (C=O) groups is 1. The van der Waals surface area contributed by atoms with E-state index in [0.29, 0.717) is 17.9 Å². The molecule has 2 aromatic rings. The predicted octanol–water partition coefficient (Wildman–Crippen LogP) is 2.07. The second-order valence-corrected chi connectivity index (χ2v) is 6.42. The lowest BCUT2D eigenvalue weighted by atomic mass is 10.0. The third-order valence-corrected chi connectivity index (χ3v) is 4.48. The lowest BCUT2D eigenvalue weighted by molar-refractivity contribution is 0.0513. The van der Waals surface area contributed by atoms with Crippen LogP contribution in [-0.2, 0) is 4.74 Å². The Bertz CT molecular complexity index is 813. The Balaban J connectivity index is 1.74. The Morgan fingerprint density at radius 2 is 2.19 bits per heavy atom. The summed E-state index contributed by atoms with van der Waals surface area (Å²) < 4.78 is 5.75. The fraction of sp³-hybridized carbons (Fsp3) is 0.350. The molecule has 1 fully saturated rings. The average molecular weight is 350 g/mol. The van der Waals surface area contributed by atoms with E-state index in [0.717, 1.165) is 24.2 Å². The maximum Gasteiger partial charge on any atom is 0.251 e. The van der Waals surface area contributed by atoms with Gasteiger partial charge in [-0.25, -0.2) is 4.98 Å². The number of hydrogen-bond donors (Lipinski definition) is 1. The Labute approximate surface area is 153 Å². The maximum atomic E-state index is 12.7. The summed E-state index contributed by atoms with van der Waals surface area (Å²) in [7, 11) is 2.02. The van der Waals surface area contributed by atoms with Crippen LogP contribution in [0.25, 0.3) is 11.1 Å². The van der Waals surface area contributed by atoms with E-state index in [-0.39, 0.29) is 18.1 Å². The Kier molecular flexibility index (Phi) is 5.61. The van der Waals surface area contributed by atoms with E-state index in [1.807, 2.05) is 44.3 Å². The fourth-order valence-corrected chi connectivity index (χ4v) is 3.21. The van der Waals surface area contributed by atoms with Gasteiger partial charge >= 0.3 is 0 Å². The summed E-state index contributed by atoms with van der Waals surface area (Å²) in [6.45, 7) is 4.18. The maximum absolute atomic E-state index is 12.7. The molecule has 0 saturated carbocycles. The molecule has 0 unspecified atom stereocenters. The van der Waals surface area contributed by atoms with Crippen molar-refractivity contribution in [2.75, 3.05) is 26.7 Å². The number of aromatic nitrogens is 1. The molecule has 0 aliphatic carbocycles. The van der Waals surface area contributed by atoms with Crippen molar-refractivity contribution >= 4 is 5.91 Å². The van der Waals surface area contributed by atoms with Gasteiger partial charge in [-0.15, -0.1) is 0 Å². The van der Waals surface area contributed by atoms with Crippen molar-refractivity contribution in [1.29, 1.82) is 5.26 Å². The molecule has 0 radical (unpaired) electrons. The van der Waals surface area contributed by atoms with Gasteiger partial charge in [0.15, 0.2) is 0 Å². The number of likely N-dealkylation sites (N-methyl/N-ethyl adjacent to an activating group) is 1. The first-order valence-electron chi connectivity index (χ1n) is 8.68. The molecule has 1 aromatic heterocycles. The molecule has 26 heavy (non-hydrogen) atoms. The fourth-order valence-electron chi connectivity index (χ4n) is 3.21. The minimum atomic E-state index is -0.113. The molecular formula is C20H22N4O2. The number of benzene rings is 1. The second-order valence-electron chi connectivity index (χ2n) is 6.42. The molecular weight excluding hydrogens is 328 g/mol. The monoisotopic (exact) mass is 350 g/mol. The van der Waals surface area contributed by atoms with Crippen LogP contribution in [0.1, 0.15) is 23.0 Å². The molecule has 1 aromatic carbocycles. The highest BCUT2D eigenvalue weighted by atomic mass is 16.5. The van der Waals surface area contributed by atoms with Crippen LogP contribution in [0, 0.1) is 11.3 Å². The lowest BCUT2D eigenvalue weighted by Crippen LogP contribution is -2.43. The van der Waals surface area contributed by atoms with Crippen LogP contribution in [0.4, 0.5) is 0 Å². The van der Waals surface area contributed by atoms with Crippen LogP contribution in [-0.4, -0.2) is 54.7 Å². The SMILES string of the molecule is CCO[C@H]1CN(C)C[C@@H]1NC(=O)c1cccc(-c2ccc(C#N)nc2)c1. The van der Waals surface area contributed by atoms with Crippen molar-refractivity contribution in [1.82, 2.24) is 15.2 Å². The number of rotatable bonds is 5. The number of nitrogens with zero attached hydrogens (tertiary/aromatic N) is 3. The first kappa shape index (κ1) is 18.1. The van der Waals surface area contributed by atoms with Gasteiger partial charge in [0.25, 0.3) is 5.91 Å². The minimum absolute atomic E-state index is 0.0138. The summed E-state index contributed by atoms with van der Waals surface area (Å²) in [6, 6.07) is 12.9. The summed E-state index contributed by atoms with van der Waals surface area (Å²) in [4.78, 5) is 18.9. The van der Waals surface area contributed by atoms with Crippen LogP contribution in [0.2, 0.25) is 0 Å². The quantitative estimate of drug-likeness (QED) is 0.893. The van der Waals surface area contributed by atoms with Gasteiger partial charge in [0.2, 0.25) is 0 Å². The van der Waals surface area contributed by atoms with Gasteiger partial charge < -0.3 is 15.0 Å². The number of nitrogens with one attached hydrogen (secondary N) is 1. The van der Waals surface area contributed by atoms with Gasteiger partial charge in [0.1, 0.15) is 11.8 Å². The largest absolute Gasteiger partial charge is 0.375 e. The molecule has 1 N–H and O–H groups in total. The predicted molar refractivity (Wildman–Crippen MR) is 98.6 cm³/mol. The highest BCUT2D eigenvalue weighted by Gasteiger charge is 2.32. The van der Waals surface area contributed by atoms with E-state index < -0.39 is 0 Å². The number of likely N-dealkylation sites (tertiary alicyclic amines) is 1. The second kappa shape index (κ2) is 8.09. The molecule has 1 saturated heterocycles. The third-order valence-electron chi connectivity index (χ3n) is 4.48. The molecule has 1 aliphatic rings. The standard InChI is InChI=1S/C20H22N4O2/c1-3-26-19-13-24(2)12-18(19)23-20(25)15-6-4-5-14(9-15)16-7-8-17(10-21)22-11-16/h4-9,11,18-19H,3,12-13H2,1-2H3,(H,23,25)/t18-,19-/m0/s1. The van der Waals surface area contributed by atoms with Crippen molar-refractivity contribution in [3.05, 3.63) is 53.9 Å². The van der Waals surface area contributed by atoms with E-state index in [4.69, 9.17) is 10.00 Å². The van der Waals surface area contributed by atoms with E-state index in [9.17, 15) is 4.79 Å². The molecule has 1 amide bonds. The van der Waals surface area contributed by atoms with Crippen LogP contribution >= 0.6 is 0 Å². The minimum Gasteiger partial charge on any atom is -0.375 e. The number of hydrogen-bond acceptors (Lipinski definition) is 5. The first-order chi connectivity index (χ1) is 12.6. The Morgan fingerprint density at radius 3 is 2.88 bits per heavy atom. The molecule has 0 spiro atoms. The topological polar surface area (TPSA) is 78.2 Å². The summed E-state index contributed by atoms with van der Waals surface area (Å²) in [5.41, 5.74) is 2.72. The number of ether oxygens (including phenoxy) is 1. The van der Waals surface area contributed by atoms with Crippen LogP contribution in [0.3, 0.4) is 0 Å². The number of amides is 1. The van der Waals surface area contributed by atoms with Gasteiger partial charge in [-0.1, -0.05) is 12.1 Å². The number of carbonyl (C=O) groups excluding carboxylic acids is 1. The summed E-state index contributed by atoms with van der Waals surface area (Å²) in [5, 5.41) is 11.9. The zero-order valence-corrected chi connectivity index (χ0v) is 15.0. The van der Waals surface area contributed by atoms with Crippen LogP contribution in [0.5, 0.6) is 0 Å². The van der Waals surface area contributed by atoms with E-state index in [1.54, 1.807) is 18.3 Å². The van der Waals surface area contributed by atoms with E-state index >= 15 is 0 Å². The van der Waals surface area contributed by atoms with E-state index in [1.165, 1.54) is 0 Å². The highest BCUT2D eigenvalue weighted by Crippen LogP contribution is 2.20. The molecule has 2 heterocycles. The van der Waals surface area contributed by atoms with Gasteiger partial charge in [0, 0.05) is 37.0 Å². The number of nitriles is 1. The lowest BCUT2D eigenvalue weighted by Gasteiger charge is -2.20. The van der Waals surface area contributed by atoms with Crippen molar-refractivity contribution in [2.45, 2.75) is 19.1 Å². The summed E-state index contributed by atoms with van der Waals surface area (Å²) in [5.74, 6) is -0.113. The molecule has 0 bridgehead atoms. The molecule has 6 nitrogen and oxygen atoms in total. The average Bonchev–Trinajstić information content (AvgIpc) is 3.01. The molecule has 2 atom stereocenters. The molecule has 1 aliphatic heterocycles. The highest BCUT2D eigenvalue weighted by molar-refractivity contribution is 5.95. The smallest absolute Gasteiger partial charge is 0.251 e. The van der Waals surface area contributed by atoms with Gasteiger partial charge in [-0.2, -0.15) is 5.26 Å². The number of pyridine rings is 1. The normalized spacial score (nSPS) is 19.9. The zero-order chi connectivity index (χ0) is 18.5. The van der Waals surface area contributed by atoms with Crippen LogP contribution in [0.15, 0.2) is 42.6 Å². The Hall–Kier alpha value is -2.75. The zero-order valence-electron chi connectivity index (χ0n) is 15.0. The molecule has 3 rings (SSSR count). The van der Waals surface area contributed by atoms with Gasteiger partial charge in [0.05, 0.1) is 12.1 Å². The molecule has 6 heteroatoms.